The molecule has 0 radical (unpaired) electrons. The Morgan fingerprint density at radius 1 is 1.12 bits per heavy atom. The monoisotopic (exact) mass is 391 g/mol. The van der Waals surface area contributed by atoms with Crippen molar-refractivity contribution in [3.05, 3.63) is 59.4 Å². The average molecular weight is 392 g/mol. The molecule has 1 amide bonds. The van der Waals surface area contributed by atoms with Gasteiger partial charge in [0, 0.05) is 21.9 Å². The second-order valence-corrected chi connectivity index (χ2v) is 6.98. The summed E-state index contributed by atoms with van der Waals surface area (Å²) < 4.78 is 18.3. The Balaban J connectivity index is 1.43. The number of carbonyl (C=O) groups is 1. The Bertz CT molecular complexity index is 869. The highest BCUT2D eigenvalue weighted by atomic mass is 35.5. The summed E-state index contributed by atoms with van der Waals surface area (Å²) in [5, 5.41) is 10.9. The molecule has 0 bridgehead atoms. The Labute approximate surface area is 159 Å². The lowest BCUT2D eigenvalue weighted by Crippen LogP contribution is -2.11. The van der Waals surface area contributed by atoms with E-state index >= 15 is 0 Å². The zero-order valence-electron chi connectivity index (χ0n) is 13.6. The van der Waals surface area contributed by atoms with Crippen LogP contribution in [0.25, 0.3) is 11.5 Å². The van der Waals surface area contributed by atoms with Crippen molar-refractivity contribution >= 4 is 35.3 Å². The predicted octanol–water partition coefficient (Wildman–Crippen LogP) is 5.04. The Morgan fingerprint density at radius 2 is 1.85 bits per heavy atom. The fraction of sp³-hybridized carbons (Fsp3) is 0.167. The smallest absolute Gasteiger partial charge is 0.322 e. The first-order valence-corrected chi connectivity index (χ1v) is 9.24. The lowest BCUT2D eigenvalue weighted by atomic mass is 10.2. The number of anilines is 1. The third kappa shape index (κ3) is 5.31. The largest absolute Gasteiger partial charge is 0.403 e. The maximum Gasteiger partial charge on any atom is 0.322 e. The molecule has 1 heterocycles. The van der Waals surface area contributed by atoms with Crippen LogP contribution in [0.1, 0.15) is 12.8 Å². The van der Waals surface area contributed by atoms with Crippen LogP contribution in [0.4, 0.5) is 10.4 Å². The number of amides is 1. The Hall–Kier alpha value is -2.38. The maximum absolute atomic E-state index is 12.8. The van der Waals surface area contributed by atoms with Gasteiger partial charge in [-0.15, -0.1) is 16.9 Å². The van der Waals surface area contributed by atoms with Crippen LogP contribution in [0, 0.1) is 5.82 Å². The van der Waals surface area contributed by atoms with E-state index in [9.17, 15) is 9.18 Å². The van der Waals surface area contributed by atoms with Gasteiger partial charge in [0.05, 0.1) is 0 Å². The number of nitrogens with zero attached hydrogens (tertiary/aromatic N) is 2. The van der Waals surface area contributed by atoms with E-state index in [2.05, 4.69) is 15.5 Å². The molecule has 0 unspecified atom stereocenters. The molecule has 26 heavy (non-hydrogen) atoms. The number of aromatic nitrogens is 2. The van der Waals surface area contributed by atoms with Gasteiger partial charge in [0.15, 0.2) is 0 Å². The molecule has 0 fully saturated rings. The summed E-state index contributed by atoms with van der Waals surface area (Å²) >= 11 is 7.41. The van der Waals surface area contributed by atoms with Crippen LogP contribution in [0.5, 0.6) is 0 Å². The summed E-state index contributed by atoms with van der Waals surface area (Å²) in [6.45, 7) is 0. The van der Waals surface area contributed by atoms with E-state index in [4.69, 9.17) is 16.0 Å². The summed E-state index contributed by atoms with van der Waals surface area (Å²) in [5.41, 5.74) is 0.720. The molecular formula is C18H15ClFN3O2S. The van der Waals surface area contributed by atoms with Crippen molar-refractivity contribution in [2.24, 2.45) is 0 Å². The fourth-order valence-electron chi connectivity index (χ4n) is 2.12. The summed E-state index contributed by atoms with van der Waals surface area (Å²) in [6, 6.07) is 13.3. The molecule has 0 aliphatic rings. The third-order valence-electron chi connectivity index (χ3n) is 3.39. The minimum absolute atomic E-state index is 0.0612. The van der Waals surface area contributed by atoms with E-state index in [1.54, 1.807) is 48.2 Å². The number of thioether (sulfide) groups is 1. The standard InChI is InChI=1S/C18H15ClFN3O2S/c19-13-5-3-12(4-6-13)17-22-23-18(25-17)21-16(24)2-1-11-26-15-9-7-14(20)8-10-15/h3-10H,1-2,11H2,(H,21,23,24). The van der Waals surface area contributed by atoms with Crippen LogP contribution in [0.2, 0.25) is 5.02 Å². The van der Waals surface area contributed by atoms with E-state index in [1.807, 2.05) is 0 Å². The van der Waals surface area contributed by atoms with Gasteiger partial charge in [0.1, 0.15) is 5.82 Å². The second kappa shape index (κ2) is 8.82. The van der Waals surface area contributed by atoms with Crippen LogP contribution in [0.3, 0.4) is 0 Å². The number of hydrogen-bond donors (Lipinski definition) is 1. The lowest BCUT2D eigenvalue weighted by molar-refractivity contribution is -0.116. The molecule has 8 heteroatoms. The number of nitrogens with one attached hydrogen (secondary N) is 1. The van der Waals surface area contributed by atoms with Crippen molar-refractivity contribution in [2.75, 3.05) is 11.1 Å². The predicted molar refractivity (Wildman–Crippen MR) is 99.7 cm³/mol. The van der Waals surface area contributed by atoms with Crippen LogP contribution < -0.4 is 5.32 Å². The van der Waals surface area contributed by atoms with Gasteiger partial charge >= 0.3 is 6.01 Å². The highest BCUT2D eigenvalue weighted by molar-refractivity contribution is 7.99. The number of carbonyl (C=O) groups excluding carboxylic acids is 1. The normalized spacial score (nSPS) is 10.7. The minimum Gasteiger partial charge on any atom is -0.403 e. The molecule has 2 aromatic carbocycles. The molecule has 0 aliphatic carbocycles. The van der Waals surface area contributed by atoms with Gasteiger partial charge in [0.25, 0.3) is 0 Å². The van der Waals surface area contributed by atoms with E-state index < -0.39 is 0 Å². The van der Waals surface area contributed by atoms with E-state index in [0.29, 0.717) is 23.8 Å². The minimum atomic E-state index is -0.258. The van der Waals surface area contributed by atoms with Gasteiger partial charge in [-0.05, 0) is 60.7 Å². The molecule has 5 nitrogen and oxygen atoms in total. The Kier molecular flexibility index (Phi) is 6.25. The van der Waals surface area contributed by atoms with Gasteiger partial charge in [-0.3, -0.25) is 10.1 Å². The highest BCUT2D eigenvalue weighted by Crippen LogP contribution is 2.22. The summed E-state index contributed by atoms with van der Waals surface area (Å²) in [5.74, 6) is 0.602. The molecule has 1 N–H and O–H groups in total. The SMILES string of the molecule is O=C(CCCSc1ccc(F)cc1)Nc1nnc(-c2ccc(Cl)cc2)o1. The van der Waals surface area contributed by atoms with Gasteiger partial charge in [-0.2, -0.15) is 0 Å². The van der Waals surface area contributed by atoms with E-state index in [-0.39, 0.29) is 17.7 Å². The van der Waals surface area contributed by atoms with Crippen molar-refractivity contribution < 1.29 is 13.6 Å². The maximum atomic E-state index is 12.8. The van der Waals surface area contributed by atoms with Crippen LogP contribution in [0.15, 0.2) is 57.8 Å². The average Bonchev–Trinajstić information content (AvgIpc) is 3.09. The number of halogens is 2. The van der Waals surface area contributed by atoms with Gasteiger partial charge in [-0.1, -0.05) is 16.7 Å². The van der Waals surface area contributed by atoms with Crippen molar-refractivity contribution in [3.8, 4) is 11.5 Å². The molecule has 0 atom stereocenters. The second-order valence-electron chi connectivity index (χ2n) is 5.37. The van der Waals surface area contributed by atoms with Gasteiger partial charge in [0.2, 0.25) is 11.8 Å². The van der Waals surface area contributed by atoms with Crippen molar-refractivity contribution in [1.82, 2.24) is 10.2 Å². The van der Waals surface area contributed by atoms with E-state index in [0.717, 1.165) is 16.2 Å². The molecule has 0 saturated carbocycles. The number of benzene rings is 2. The summed E-state index contributed by atoms with van der Waals surface area (Å²) in [4.78, 5) is 12.9. The quantitative estimate of drug-likeness (QED) is 0.451. The number of hydrogen-bond acceptors (Lipinski definition) is 5. The molecule has 134 valence electrons. The first-order valence-electron chi connectivity index (χ1n) is 7.88. The third-order valence-corrected chi connectivity index (χ3v) is 4.74. The molecule has 0 spiro atoms. The van der Waals surface area contributed by atoms with Gasteiger partial charge in [-0.25, -0.2) is 4.39 Å². The van der Waals surface area contributed by atoms with Gasteiger partial charge < -0.3 is 4.42 Å². The highest BCUT2D eigenvalue weighted by Gasteiger charge is 2.11. The zero-order valence-corrected chi connectivity index (χ0v) is 15.2. The lowest BCUT2D eigenvalue weighted by Gasteiger charge is -2.02. The molecule has 0 saturated heterocycles. The molecule has 3 aromatic rings. The topological polar surface area (TPSA) is 68.0 Å². The van der Waals surface area contributed by atoms with Crippen molar-refractivity contribution in [3.63, 3.8) is 0 Å². The van der Waals surface area contributed by atoms with Crippen molar-refractivity contribution in [1.29, 1.82) is 0 Å². The van der Waals surface area contributed by atoms with Crippen LogP contribution in [-0.2, 0) is 4.79 Å². The summed E-state index contributed by atoms with van der Waals surface area (Å²) in [6.07, 6.45) is 0.999. The molecule has 1 aromatic heterocycles. The molecule has 0 aliphatic heterocycles. The summed E-state index contributed by atoms with van der Waals surface area (Å²) in [7, 11) is 0. The Morgan fingerprint density at radius 3 is 2.58 bits per heavy atom. The fourth-order valence-corrected chi connectivity index (χ4v) is 3.10. The van der Waals surface area contributed by atoms with Crippen LogP contribution in [-0.4, -0.2) is 21.9 Å². The molecule has 3 rings (SSSR count). The number of rotatable bonds is 7. The van der Waals surface area contributed by atoms with E-state index in [1.165, 1.54) is 12.1 Å². The molecular weight excluding hydrogens is 377 g/mol. The first-order chi connectivity index (χ1) is 12.6. The van der Waals surface area contributed by atoms with Crippen LogP contribution >= 0.6 is 23.4 Å². The van der Waals surface area contributed by atoms with Crippen molar-refractivity contribution in [2.45, 2.75) is 17.7 Å². The first kappa shape index (κ1) is 18.4. The zero-order chi connectivity index (χ0) is 18.4.